The zero-order valence-corrected chi connectivity index (χ0v) is 18.7. The minimum Gasteiger partial charge on any atom is -0.507 e. The van der Waals surface area contributed by atoms with Crippen LogP contribution < -0.4 is 4.74 Å². The van der Waals surface area contributed by atoms with Gasteiger partial charge in [-0.05, 0) is 47.4 Å². The molecule has 1 aliphatic rings. The molecule has 1 N–H and O–H groups in total. The summed E-state index contributed by atoms with van der Waals surface area (Å²) in [6, 6.07) is 22.7. The Morgan fingerprint density at radius 3 is 2.24 bits per heavy atom. The number of aromatic hydroxyl groups is 1. The Morgan fingerprint density at radius 1 is 0.818 bits per heavy atom. The minimum atomic E-state index is -0.206. The van der Waals surface area contributed by atoms with Gasteiger partial charge < -0.3 is 19.6 Å². The van der Waals surface area contributed by atoms with Crippen molar-refractivity contribution in [1.29, 1.82) is 0 Å². The summed E-state index contributed by atoms with van der Waals surface area (Å²) in [5, 5.41) is 10.3. The number of rotatable bonds is 6. The molecule has 0 radical (unpaired) electrons. The van der Waals surface area contributed by atoms with Crippen molar-refractivity contribution in [3.05, 3.63) is 95.1 Å². The van der Waals surface area contributed by atoms with Gasteiger partial charge in [0.1, 0.15) is 11.5 Å². The van der Waals surface area contributed by atoms with Crippen LogP contribution in [0.15, 0.2) is 72.8 Å². The number of carbonyl (C=O) groups excluding carboxylic acids is 2. The van der Waals surface area contributed by atoms with Crippen molar-refractivity contribution in [2.45, 2.75) is 12.8 Å². The molecule has 1 aliphatic heterocycles. The smallest absolute Gasteiger partial charge is 0.257 e. The van der Waals surface area contributed by atoms with E-state index < -0.39 is 0 Å². The largest absolute Gasteiger partial charge is 0.507 e. The van der Waals surface area contributed by atoms with Gasteiger partial charge in [-0.3, -0.25) is 9.59 Å². The summed E-state index contributed by atoms with van der Waals surface area (Å²) in [6.07, 6.45) is 0.988. The molecule has 33 heavy (non-hydrogen) atoms. The number of phenols is 1. The lowest BCUT2D eigenvalue weighted by atomic mass is 10.0. The number of hydrogen-bond acceptors (Lipinski definition) is 4. The average molecular weight is 445 g/mol. The predicted octanol–water partition coefficient (Wildman–Crippen LogP) is 3.52. The van der Waals surface area contributed by atoms with E-state index in [2.05, 4.69) is 0 Å². The van der Waals surface area contributed by atoms with Gasteiger partial charge in [0.05, 0.1) is 19.1 Å². The second kappa shape index (κ2) is 10.2. The summed E-state index contributed by atoms with van der Waals surface area (Å²) in [7, 11) is 1.60. The lowest BCUT2D eigenvalue weighted by Gasteiger charge is -2.35. The molecule has 170 valence electrons. The van der Waals surface area contributed by atoms with Crippen LogP contribution in [0.3, 0.4) is 0 Å². The molecule has 0 aliphatic carbocycles. The van der Waals surface area contributed by atoms with E-state index in [0.717, 1.165) is 22.4 Å². The van der Waals surface area contributed by atoms with Gasteiger partial charge in [0.15, 0.2) is 0 Å². The normalized spacial score (nSPS) is 13.6. The summed E-state index contributed by atoms with van der Waals surface area (Å²) < 4.78 is 5.23. The van der Waals surface area contributed by atoms with Crippen LogP contribution in [0.25, 0.3) is 0 Å². The second-order valence-corrected chi connectivity index (χ2v) is 8.22. The van der Waals surface area contributed by atoms with E-state index in [0.29, 0.717) is 44.6 Å². The van der Waals surface area contributed by atoms with E-state index >= 15 is 0 Å². The topological polar surface area (TPSA) is 70.1 Å². The molecule has 0 saturated carbocycles. The predicted molar refractivity (Wildman–Crippen MR) is 127 cm³/mol. The number of nitrogens with zero attached hydrogens (tertiary/aromatic N) is 2. The van der Waals surface area contributed by atoms with Crippen molar-refractivity contribution in [1.82, 2.24) is 9.80 Å². The molecule has 0 spiro atoms. The molecule has 1 saturated heterocycles. The Hall–Kier alpha value is -3.80. The molecule has 6 heteroatoms. The van der Waals surface area contributed by atoms with Crippen LogP contribution in [-0.2, 0) is 17.6 Å². The molecular formula is C27H28N2O4. The van der Waals surface area contributed by atoms with Gasteiger partial charge in [-0.25, -0.2) is 0 Å². The molecule has 3 aromatic rings. The van der Waals surface area contributed by atoms with E-state index in [1.54, 1.807) is 29.0 Å². The maximum atomic E-state index is 13.1. The quantitative estimate of drug-likeness (QED) is 0.632. The van der Waals surface area contributed by atoms with E-state index in [4.69, 9.17) is 4.74 Å². The standard InChI is InChI=1S/C27H28N2O4/c1-33-23-9-5-8-21(17-23)19-26(31)28-12-14-29(15-13-28)27(32)24-18-22(10-11-25(24)30)16-20-6-3-2-4-7-20/h2-11,17-18,30H,12-16,19H2,1H3. The number of methoxy groups -OCH3 is 1. The first-order valence-electron chi connectivity index (χ1n) is 11.1. The van der Waals surface area contributed by atoms with E-state index in [1.807, 2.05) is 60.7 Å². The van der Waals surface area contributed by atoms with Crippen molar-refractivity contribution < 1.29 is 19.4 Å². The van der Waals surface area contributed by atoms with Crippen LogP contribution in [0.1, 0.15) is 27.0 Å². The first-order chi connectivity index (χ1) is 16.0. The third-order valence-electron chi connectivity index (χ3n) is 5.95. The zero-order chi connectivity index (χ0) is 23.2. The van der Waals surface area contributed by atoms with Crippen LogP contribution in [0.2, 0.25) is 0 Å². The molecule has 0 aromatic heterocycles. The van der Waals surface area contributed by atoms with Crippen molar-refractivity contribution in [2.75, 3.05) is 33.3 Å². The lowest BCUT2D eigenvalue weighted by molar-refractivity contribution is -0.131. The average Bonchev–Trinajstić information content (AvgIpc) is 2.85. The molecular weight excluding hydrogens is 416 g/mol. The highest BCUT2D eigenvalue weighted by Crippen LogP contribution is 2.23. The second-order valence-electron chi connectivity index (χ2n) is 8.22. The van der Waals surface area contributed by atoms with Crippen LogP contribution in [0, 0.1) is 0 Å². The van der Waals surface area contributed by atoms with E-state index in [9.17, 15) is 14.7 Å². The highest BCUT2D eigenvalue weighted by atomic mass is 16.5. The Labute approximate surface area is 194 Å². The molecule has 1 heterocycles. The summed E-state index contributed by atoms with van der Waals surface area (Å²) in [5.41, 5.74) is 3.32. The van der Waals surface area contributed by atoms with Gasteiger partial charge in [0.2, 0.25) is 5.91 Å². The Balaban J connectivity index is 1.37. The molecule has 3 aromatic carbocycles. The molecule has 6 nitrogen and oxygen atoms in total. The number of phenolic OH excluding ortho intramolecular Hbond substituents is 1. The highest BCUT2D eigenvalue weighted by molar-refractivity contribution is 5.97. The Kier molecular flexibility index (Phi) is 6.93. The SMILES string of the molecule is COc1cccc(CC(=O)N2CCN(C(=O)c3cc(Cc4ccccc4)ccc3O)CC2)c1. The first-order valence-corrected chi connectivity index (χ1v) is 11.1. The monoisotopic (exact) mass is 444 g/mol. The molecule has 2 amide bonds. The number of amides is 2. The van der Waals surface area contributed by atoms with E-state index in [1.165, 1.54) is 0 Å². The first kappa shape index (κ1) is 22.4. The van der Waals surface area contributed by atoms with Crippen molar-refractivity contribution in [3.8, 4) is 11.5 Å². The van der Waals surface area contributed by atoms with Crippen LogP contribution in [0.4, 0.5) is 0 Å². The maximum Gasteiger partial charge on any atom is 0.257 e. The fourth-order valence-corrected chi connectivity index (χ4v) is 4.09. The van der Waals surface area contributed by atoms with Crippen molar-refractivity contribution in [3.63, 3.8) is 0 Å². The fraction of sp³-hybridized carbons (Fsp3) is 0.259. The van der Waals surface area contributed by atoms with Crippen LogP contribution >= 0.6 is 0 Å². The Bertz CT molecular complexity index is 1120. The third-order valence-corrected chi connectivity index (χ3v) is 5.95. The van der Waals surface area contributed by atoms with Crippen LogP contribution in [-0.4, -0.2) is 60.0 Å². The lowest BCUT2D eigenvalue weighted by Crippen LogP contribution is -2.51. The molecule has 0 atom stereocenters. The van der Waals surface area contributed by atoms with E-state index in [-0.39, 0.29) is 17.6 Å². The number of carbonyl (C=O) groups is 2. The van der Waals surface area contributed by atoms with Gasteiger partial charge in [0, 0.05) is 26.2 Å². The summed E-state index contributed by atoms with van der Waals surface area (Å²) in [6.45, 7) is 1.81. The maximum absolute atomic E-state index is 13.1. The summed E-state index contributed by atoms with van der Waals surface area (Å²) in [4.78, 5) is 29.3. The number of piperazine rings is 1. The van der Waals surface area contributed by atoms with Gasteiger partial charge in [-0.2, -0.15) is 0 Å². The molecule has 1 fully saturated rings. The molecule has 0 unspecified atom stereocenters. The number of hydrogen-bond donors (Lipinski definition) is 1. The number of ether oxygens (including phenoxy) is 1. The minimum absolute atomic E-state index is 0.0201. The van der Waals surface area contributed by atoms with Crippen LogP contribution in [0.5, 0.6) is 11.5 Å². The highest BCUT2D eigenvalue weighted by Gasteiger charge is 2.26. The summed E-state index contributed by atoms with van der Waals surface area (Å²) >= 11 is 0. The zero-order valence-electron chi connectivity index (χ0n) is 18.7. The van der Waals surface area contributed by atoms with Crippen molar-refractivity contribution in [2.24, 2.45) is 0 Å². The van der Waals surface area contributed by atoms with Crippen molar-refractivity contribution >= 4 is 11.8 Å². The number of benzene rings is 3. The summed E-state index contributed by atoms with van der Waals surface area (Å²) in [5.74, 6) is 0.531. The van der Waals surface area contributed by atoms with Gasteiger partial charge in [-0.1, -0.05) is 48.5 Å². The fourth-order valence-electron chi connectivity index (χ4n) is 4.09. The van der Waals surface area contributed by atoms with Gasteiger partial charge >= 0.3 is 0 Å². The Morgan fingerprint density at radius 2 is 1.52 bits per heavy atom. The van der Waals surface area contributed by atoms with Gasteiger partial charge in [-0.15, -0.1) is 0 Å². The third kappa shape index (κ3) is 5.52. The molecule has 4 rings (SSSR count). The van der Waals surface area contributed by atoms with Gasteiger partial charge in [0.25, 0.3) is 5.91 Å². The molecule has 0 bridgehead atoms.